The number of aliphatic hydroxyl groups is 2. The van der Waals surface area contributed by atoms with Gasteiger partial charge in [-0.15, -0.1) is 5.92 Å². The van der Waals surface area contributed by atoms with Gasteiger partial charge in [0, 0.05) is 56.4 Å². The molecule has 0 radical (unpaired) electrons. The summed E-state index contributed by atoms with van der Waals surface area (Å²) in [6, 6.07) is 9.05. The molecule has 9 rings (SSSR count). The van der Waals surface area contributed by atoms with Crippen molar-refractivity contribution >= 4 is 29.5 Å². The first-order valence-corrected chi connectivity index (χ1v) is 29.7. The van der Waals surface area contributed by atoms with Gasteiger partial charge in [0.15, 0.2) is 12.6 Å². The molecule has 0 heterocycles. The number of likely N-dealkylation sites (N-methyl/N-ethyl adjacent to an activating group) is 1. The van der Waals surface area contributed by atoms with Gasteiger partial charge >= 0.3 is 18.0 Å². The van der Waals surface area contributed by atoms with Gasteiger partial charge < -0.3 is 44.5 Å². The van der Waals surface area contributed by atoms with Crippen molar-refractivity contribution in [2.24, 2.45) is 63.6 Å². The molecule has 0 aromatic heterocycles. The van der Waals surface area contributed by atoms with Crippen LogP contribution in [0.25, 0.3) is 0 Å². The number of fused-ring (bicyclic) bond motifs is 9. The van der Waals surface area contributed by atoms with E-state index in [0.29, 0.717) is 50.5 Å². The molecule has 0 spiro atoms. The van der Waals surface area contributed by atoms with Crippen LogP contribution in [-0.2, 0) is 33.3 Å². The van der Waals surface area contributed by atoms with E-state index in [-0.39, 0.29) is 108 Å². The van der Waals surface area contributed by atoms with Crippen molar-refractivity contribution in [2.75, 3.05) is 38.4 Å². The Morgan fingerprint density at radius 3 is 2.42 bits per heavy atom. The summed E-state index contributed by atoms with van der Waals surface area (Å²) in [5.74, 6) is 7.50. The predicted molar refractivity (Wildman–Crippen MR) is 295 cm³/mol. The van der Waals surface area contributed by atoms with Crippen LogP contribution in [0.2, 0.25) is 0 Å². The van der Waals surface area contributed by atoms with E-state index in [4.69, 9.17) is 18.9 Å². The summed E-state index contributed by atoms with van der Waals surface area (Å²) in [7, 11) is 2.13. The number of rotatable bonds is 17. The molecule has 13 nitrogen and oxygen atoms in total. The summed E-state index contributed by atoms with van der Waals surface area (Å²) in [4.78, 5) is 51.7. The van der Waals surface area contributed by atoms with E-state index in [1.807, 2.05) is 13.0 Å². The summed E-state index contributed by atoms with van der Waals surface area (Å²) in [5, 5.41) is 36.8. The number of anilines is 1. The van der Waals surface area contributed by atoms with Crippen molar-refractivity contribution in [1.82, 2.24) is 5.32 Å². The Hall–Kier alpha value is -4.22. The van der Waals surface area contributed by atoms with Gasteiger partial charge in [-0.3, -0.25) is 14.4 Å². The number of nitrogens with zero attached hydrogens (tertiary/aromatic N) is 1. The molecule has 13 heteroatoms. The molecule has 0 aliphatic heterocycles. The first-order valence-electron chi connectivity index (χ1n) is 29.7. The number of esters is 1. The predicted octanol–water partition coefficient (Wildman–Crippen LogP) is 11.1. The summed E-state index contributed by atoms with van der Waals surface area (Å²) in [6.07, 6.45) is 14.0. The van der Waals surface area contributed by atoms with Crippen molar-refractivity contribution < 1.29 is 53.4 Å². The lowest BCUT2D eigenvalue weighted by atomic mass is 9.43. The van der Waals surface area contributed by atoms with Crippen LogP contribution in [0.5, 0.6) is 0 Å². The lowest BCUT2D eigenvalue weighted by molar-refractivity contribution is -0.232. The number of nitrogens with one attached hydrogen (secondary N) is 1. The molecule has 1 aromatic carbocycles. The minimum absolute atomic E-state index is 0.0345. The molecule has 0 saturated heterocycles. The average molecular weight is 1070 g/mol. The number of ether oxygens (including phenoxy) is 4. The minimum atomic E-state index is -1.01. The Labute approximate surface area is 459 Å². The highest BCUT2D eigenvalue weighted by Crippen LogP contribution is 2.70. The Morgan fingerprint density at radius 1 is 0.922 bits per heavy atom. The van der Waals surface area contributed by atoms with Crippen molar-refractivity contribution in [3.05, 3.63) is 52.6 Å². The van der Waals surface area contributed by atoms with E-state index >= 15 is 0 Å². The van der Waals surface area contributed by atoms with E-state index in [1.165, 1.54) is 22.3 Å². The fourth-order valence-electron chi connectivity index (χ4n) is 17.8. The number of carboxylic acid groups (broad SMARTS) is 1. The van der Waals surface area contributed by atoms with E-state index in [1.54, 1.807) is 20.8 Å². The zero-order chi connectivity index (χ0) is 55.2. The van der Waals surface area contributed by atoms with Crippen LogP contribution in [0.4, 0.5) is 10.5 Å². The monoisotopic (exact) mass is 1060 g/mol. The topological polar surface area (TPSA) is 181 Å². The Morgan fingerprint density at radius 2 is 1.69 bits per heavy atom. The molecular formula is C64H92N2O11. The van der Waals surface area contributed by atoms with Crippen LogP contribution >= 0.6 is 0 Å². The van der Waals surface area contributed by atoms with Crippen molar-refractivity contribution in [3.8, 4) is 11.8 Å². The molecule has 424 valence electrons. The lowest BCUT2D eigenvalue weighted by Gasteiger charge is -2.64. The number of aliphatic hydroxyl groups excluding tert-OH is 1. The maximum absolute atomic E-state index is 13.0. The maximum Gasteiger partial charge on any atom is 0.407 e. The number of hydrogen-bond acceptors (Lipinski definition) is 11. The second-order valence-corrected chi connectivity index (χ2v) is 26.9. The van der Waals surface area contributed by atoms with Crippen LogP contribution in [0, 0.1) is 75.4 Å². The minimum Gasteiger partial charge on any atom is -0.481 e. The van der Waals surface area contributed by atoms with E-state index in [2.05, 4.69) is 81.1 Å². The zero-order valence-electron chi connectivity index (χ0n) is 47.9. The smallest absolute Gasteiger partial charge is 0.407 e. The fraction of sp³-hybridized carbons (Fsp3) is 0.750. The average Bonchev–Trinajstić information content (AvgIpc) is 4.07. The second-order valence-electron chi connectivity index (χ2n) is 26.9. The number of allylic oxidation sites excluding steroid dienone is 4. The molecular weight excluding hydrogens is 973 g/mol. The number of carboxylic acids is 1. The highest BCUT2D eigenvalue weighted by atomic mass is 16.7. The first-order chi connectivity index (χ1) is 36.5. The Kier molecular flexibility index (Phi) is 17.0. The van der Waals surface area contributed by atoms with Crippen LogP contribution in [0.3, 0.4) is 0 Å². The standard InChI is InChI=1S/C64H92N2O11/c1-10-27-64(73)29-26-50-47-20-16-41-33-44(67)19-21-46(41)57(47)48(37-62(50,64)7)40-14-17-43(18-15-40)66(9)31-32-74-45-25-28-61(6)42(34-45)35-53(75-38-76-56(71)12-11-30-65-59(72)77-60(3,4)5)58-51-23-22-49(39(2)13-24-55(69)70)63(51,8)54(68)36-52(58)61/h14-15,17-18,33,39,42,45,47-54,58,68,73H,11-13,16,19-26,28-32,34-38H2,1-9H3,(H,65,72)(H,69,70)/t39-,42+,45+,47+,48-,49-,50+,51+,52+,53-,54+,58+,61+,62+,63-,64+/m1/s1. The molecule has 4 N–H and O–H groups in total. The molecule has 16 atom stereocenters. The van der Waals surface area contributed by atoms with Crippen LogP contribution < -0.4 is 10.2 Å². The molecule has 8 aliphatic carbocycles. The highest BCUT2D eigenvalue weighted by molar-refractivity contribution is 5.93. The first kappa shape index (κ1) is 57.5. The van der Waals surface area contributed by atoms with E-state index in [0.717, 1.165) is 82.9 Å². The van der Waals surface area contributed by atoms with Crippen molar-refractivity contribution in [2.45, 2.75) is 206 Å². The lowest BCUT2D eigenvalue weighted by Crippen LogP contribution is -2.63. The highest BCUT2D eigenvalue weighted by Gasteiger charge is 2.67. The summed E-state index contributed by atoms with van der Waals surface area (Å²) < 4.78 is 24.6. The van der Waals surface area contributed by atoms with Gasteiger partial charge in [-0.05, 0) is 217 Å². The maximum atomic E-state index is 13.0. The Bertz CT molecular complexity index is 2490. The second kappa shape index (κ2) is 22.7. The number of alkyl carbamates (subject to hydrolysis) is 1. The normalized spacial score (nSPS) is 37.5. The molecule has 0 bridgehead atoms. The van der Waals surface area contributed by atoms with Gasteiger partial charge in [-0.1, -0.05) is 51.3 Å². The summed E-state index contributed by atoms with van der Waals surface area (Å²) in [5.41, 5.74) is 4.17. The van der Waals surface area contributed by atoms with Crippen LogP contribution in [0.15, 0.2) is 47.1 Å². The van der Waals surface area contributed by atoms with Crippen molar-refractivity contribution in [1.29, 1.82) is 0 Å². The molecule has 0 unspecified atom stereocenters. The number of ketones is 1. The van der Waals surface area contributed by atoms with Gasteiger partial charge in [-0.2, -0.15) is 0 Å². The van der Waals surface area contributed by atoms with E-state index < -0.39 is 29.4 Å². The molecule has 1 aromatic rings. The van der Waals surface area contributed by atoms with Crippen LogP contribution in [0.1, 0.15) is 182 Å². The number of aliphatic carboxylic acids is 1. The quantitative estimate of drug-likeness (QED) is 0.0502. The number of amides is 1. The molecule has 1 amide bonds. The molecule has 77 heavy (non-hydrogen) atoms. The largest absolute Gasteiger partial charge is 0.481 e. The zero-order valence-corrected chi connectivity index (χ0v) is 47.9. The molecule has 6 saturated carbocycles. The van der Waals surface area contributed by atoms with Crippen molar-refractivity contribution in [3.63, 3.8) is 0 Å². The van der Waals surface area contributed by atoms with Gasteiger partial charge in [-0.25, -0.2) is 4.79 Å². The molecule has 6 fully saturated rings. The third-order valence-corrected chi connectivity index (χ3v) is 21.8. The third kappa shape index (κ3) is 11.3. The Balaban J connectivity index is 0.851. The molecule has 8 aliphatic rings. The SMILES string of the molecule is CC#C[C@]1(O)CC[C@H]2[C@@H]3CCC4=CC(=O)CCC4=C3[C@@H](c3ccc(N(C)CCO[C@H]4CC[C@@]5(C)[C@@H](C4)C[C@@H](OCOC(=O)CCCNC(=O)OC(C)(C)C)[C@@H]4[C@@H]5C[C@H](O)[C@]5(C)[C@@H]([C@H](C)CCC(=O)O)CC[C@@H]45)cc3)C[C@@]21C. The van der Waals surface area contributed by atoms with Gasteiger partial charge in [0.1, 0.15) is 11.2 Å². The van der Waals surface area contributed by atoms with Gasteiger partial charge in [0.2, 0.25) is 0 Å². The number of hydrogen-bond donors (Lipinski definition) is 4. The summed E-state index contributed by atoms with van der Waals surface area (Å²) >= 11 is 0. The van der Waals surface area contributed by atoms with Gasteiger partial charge in [0.25, 0.3) is 0 Å². The number of carbonyl (C=O) groups excluding carboxylic acids is 3. The van der Waals surface area contributed by atoms with Gasteiger partial charge in [0.05, 0.1) is 24.9 Å². The fourth-order valence-corrected chi connectivity index (χ4v) is 17.8. The number of benzene rings is 1. The van der Waals surface area contributed by atoms with E-state index in [9.17, 15) is 34.5 Å². The third-order valence-electron chi connectivity index (χ3n) is 21.8. The number of carbonyl (C=O) groups is 4. The summed E-state index contributed by atoms with van der Waals surface area (Å²) in [6.45, 7) is 17.8. The van der Waals surface area contributed by atoms with Crippen LogP contribution in [-0.4, -0.2) is 102 Å².